The standard InChI is InChI=1S/C21H23N3O4/c1-5-27-21(26)20-15(4)16-8-6-7-9-17(16)22-18(20)12-28-19(25)11-24-14(3)10-13(2)23-24/h6-10H,5,11-12H2,1-4H3. The van der Waals surface area contributed by atoms with Crippen LogP contribution in [0, 0.1) is 20.8 Å². The first-order chi connectivity index (χ1) is 13.4. The summed E-state index contributed by atoms with van der Waals surface area (Å²) < 4.78 is 12.2. The molecule has 1 aromatic carbocycles. The molecule has 0 radical (unpaired) electrons. The number of benzene rings is 1. The van der Waals surface area contributed by atoms with E-state index in [2.05, 4.69) is 10.1 Å². The van der Waals surface area contributed by atoms with Gasteiger partial charge in [0.2, 0.25) is 0 Å². The smallest absolute Gasteiger partial charge is 0.340 e. The molecule has 0 atom stereocenters. The van der Waals surface area contributed by atoms with Crippen molar-refractivity contribution in [2.24, 2.45) is 0 Å². The molecule has 0 unspecified atom stereocenters. The summed E-state index contributed by atoms with van der Waals surface area (Å²) in [6.45, 7) is 7.47. The predicted octanol–water partition coefficient (Wildman–Crippen LogP) is 3.28. The number of aryl methyl sites for hydroxylation is 3. The van der Waals surface area contributed by atoms with Gasteiger partial charge in [0.1, 0.15) is 13.2 Å². The SMILES string of the molecule is CCOC(=O)c1c(COC(=O)Cn2nc(C)cc2C)nc2ccccc2c1C. The van der Waals surface area contributed by atoms with Crippen LogP contribution in [0.15, 0.2) is 30.3 Å². The summed E-state index contributed by atoms with van der Waals surface area (Å²) in [5.74, 6) is -0.920. The molecule has 0 bridgehead atoms. The topological polar surface area (TPSA) is 83.3 Å². The van der Waals surface area contributed by atoms with Gasteiger partial charge in [-0.3, -0.25) is 9.48 Å². The van der Waals surface area contributed by atoms with E-state index in [1.165, 1.54) is 0 Å². The number of aromatic nitrogens is 3. The molecule has 0 saturated carbocycles. The quantitative estimate of drug-likeness (QED) is 0.610. The maximum absolute atomic E-state index is 12.5. The molecular formula is C21H23N3O4. The number of carbonyl (C=O) groups is 2. The molecule has 7 heteroatoms. The Hall–Kier alpha value is -3.22. The molecule has 7 nitrogen and oxygen atoms in total. The number of hydrogen-bond acceptors (Lipinski definition) is 6. The number of rotatable bonds is 6. The molecule has 3 rings (SSSR count). The summed E-state index contributed by atoms with van der Waals surface area (Å²) >= 11 is 0. The highest BCUT2D eigenvalue weighted by molar-refractivity contribution is 5.98. The third-order valence-corrected chi connectivity index (χ3v) is 4.46. The van der Waals surface area contributed by atoms with Crippen molar-refractivity contribution in [1.82, 2.24) is 14.8 Å². The van der Waals surface area contributed by atoms with Gasteiger partial charge in [-0.2, -0.15) is 5.10 Å². The van der Waals surface area contributed by atoms with E-state index in [9.17, 15) is 9.59 Å². The number of pyridine rings is 1. The van der Waals surface area contributed by atoms with Crippen LogP contribution in [0.3, 0.4) is 0 Å². The van der Waals surface area contributed by atoms with Crippen molar-refractivity contribution in [3.63, 3.8) is 0 Å². The number of para-hydroxylation sites is 1. The van der Waals surface area contributed by atoms with Gasteiger partial charge in [0.05, 0.1) is 29.1 Å². The van der Waals surface area contributed by atoms with Gasteiger partial charge < -0.3 is 9.47 Å². The normalized spacial score (nSPS) is 10.9. The van der Waals surface area contributed by atoms with Crippen LogP contribution in [-0.2, 0) is 27.4 Å². The van der Waals surface area contributed by atoms with E-state index in [4.69, 9.17) is 9.47 Å². The van der Waals surface area contributed by atoms with Gasteiger partial charge in [-0.05, 0) is 45.4 Å². The van der Waals surface area contributed by atoms with Gasteiger partial charge >= 0.3 is 11.9 Å². The van der Waals surface area contributed by atoms with Crippen molar-refractivity contribution in [3.8, 4) is 0 Å². The van der Waals surface area contributed by atoms with E-state index in [-0.39, 0.29) is 19.8 Å². The first-order valence-corrected chi connectivity index (χ1v) is 9.12. The first kappa shape index (κ1) is 19.5. The lowest BCUT2D eigenvalue weighted by molar-refractivity contribution is -0.146. The van der Waals surface area contributed by atoms with Gasteiger partial charge in [-0.1, -0.05) is 18.2 Å². The maximum Gasteiger partial charge on any atom is 0.340 e. The van der Waals surface area contributed by atoms with Crippen molar-refractivity contribution in [2.45, 2.75) is 40.8 Å². The van der Waals surface area contributed by atoms with Gasteiger partial charge in [-0.15, -0.1) is 0 Å². The summed E-state index contributed by atoms with van der Waals surface area (Å²) in [7, 11) is 0. The van der Waals surface area contributed by atoms with Gasteiger partial charge in [-0.25, -0.2) is 9.78 Å². The third kappa shape index (κ3) is 4.03. The summed E-state index contributed by atoms with van der Waals surface area (Å²) in [5, 5.41) is 5.12. The zero-order valence-corrected chi connectivity index (χ0v) is 16.5. The highest BCUT2D eigenvalue weighted by Crippen LogP contribution is 2.24. The second-order valence-electron chi connectivity index (χ2n) is 6.54. The Morgan fingerprint density at radius 1 is 1.11 bits per heavy atom. The van der Waals surface area contributed by atoms with Crippen LogP contribution in [-0.4, -0.2) is 33.3 Å². The van der Waals surface area contributed by atoms with Crippen molar-refractivity contribution in [2.75, 3.05) is 6.61 Å². The average molecular weight is 381 g/mol. The monoisotopic (exact) mass is 381 g/mol. The summed E-state index contributed by atoms with van der Waals surface area (Å²) in [6.07, 6.45) is 0. The molecule has 146 valence electrons. The fraction of sp³-hybridized carbons (Fsp3) is 0.333. The molecule has 0 aliphatic rings. The van der Waals surface area contributed by atoms with E-state index in [1.54, 1.807) is 11.6 Å². The molecule has 0 spiro atoms. The minimum atomic E-state index is -0.470. The molecule has 3 aromatic rings. The molecule has 28 heavy (non-hydrogen) atoms. The molecular weight excluding hydrogens is 358 g/mol. The second-order valence-corrected chi connectivity index (χ2v) is 6.54. The van der Waals surface area contributed by atoms with Gasteiger partial charge in [0, 0.05) is 11.1 Å². The van der Waals surface area contributed by atoms with Crippen LogP contribution in [0.25, 0.3) is 10.9 Å². The second kappa shape index (κ2) is 8.21. The summed E-state index contributed by atoms with van der Waals surface area (Å²) in [4.78, 5) is 29.3. The number of esters is 2. The van der Waals surface area contributed by atoms with E-state index in [0.717, 1.165) is 27.9 Å². The van der Waals surface area contributed by atoms with Gasteiger partial charge in [0.15, 0.2) is 0 Å². The van der Waals surface area contributed by atoms with E-state index < -0.39 is 11.9 Å². The van der Waals surface area contributed by atoms with E-state index in [1.807, 2.05) is 51.1 Å². The average Bonchev–Trinajstić information content (AvgIpc) is 2.97. The number of nitrogens with zero attached hydrogens (tertiary/aromatic N) is 3. The molecule has 0 amide bonds. The van der Waals surface area contributed by atoms with Gasteiger partial charge in [0.25, 0.3) is 0 Å². The minimum Gasteiger partial charge on any atom is -0.462 e. The lowest BCUT2D eigenvalue weighted by Crippen LogP contribution is -2.18. The molecule has 0 saturated heterocycles. The molecule has 0 aliphatic heterocycles. The molecule has 0 aliphatic carbocycles. The number of ether oxygens (including phenoxy) is 2. The molecule has 2 aromatic heterocycles. The Morgan fingerprint density at radius 3 is 2.54 bits per heavy atom. The minimum absolute atomic E-state index is 0.000969. The molecule has 2 heterocycles. The predicted molar refractivity (Wildman–Crippen MR) is 104 cm³/mol. The van der Waals surface area contributed by atoms with E-state index >= 15 is 0 Å². The van der Waals surface area contributed by atoms with Crippen LogP contribution in [0.1, 0.15) is 39.9 Å². The fourth-order valence-corrected chi connectivity index (χ4v) is 3.17. The van der Waals surface area contributed by atoms with Crippen LogP contribution in [0.2, 0.25) is 0 Å². The lowest BCUT2D eigenvalue weighted by atomic mass is 10.0. The zero-order chi connectivity index (χ0) is 20.3. The summed E-state index contributed by atoms with van der Waals surface area (Å²) in [6, 6.07) is 9.41. The van der Waals surface area contributed by atoms with Crippen LogP contribution < -0.4 is 0 Å². The van der Waals surface area contributed by atoms with Crippen molar-refractivity contribution >= 4 is 22.8 Å². The highest BCUT2D eigenvalue weighted by Gasteiger charge is 2.21. The molecule has 0 N–H and O–H groups in total. The van der Waals surface area contributed by atoms with Crippen LogP contribution >= 0.6 is 0 Å². The number of hydrogen-bond donors (Lipinski definition) is 0. The van der Waals surface area contributed by atoms with Crippen molar-refractivity contribution in [3.05, 3.63) is 58.5 Å². The largest absolute Gasteiger partial charge is 0.462 e. The van der Waals surface area contributed by atoms with Crippen molar-refractivity contribution < 1.29 is 19.1 Å². The number of fused-ring (bicyclic) bond motifs is 1. The highest BCUT2D eigenvalue weighted by atomic mass is 16.5. The lowest BCUT2D eigenvalue weighted by Gasteiger charge is -2.14. The Bertz CT molecular complexity index is 1040. The zero-order valence-electron chi connectivity index (χ0n) is 16.5. The Morgan fingerprint density at radius 2 is 1.86 bits per heavy atom. The third-order valence-electron chi connectivity index (χ3n) is 4.46. The Kier molecular flexibility index (Phi) is 5.73. The first-order valence-electron chi connectivity index (χ1n) is 9.12. The Labute approximate surface area is 163 Å². The van der Waals surface area contributed by atoms with Crippen LogP contribution in [0.5, 0.6) is 0 Å². The number of carbonyl (C=O) groups excluding carboxylic acids is 2. The summed E-state index contributed by atoms with van der Waals surface area (Å²) in [5.41, 5.74) is 3.94. The van der Waals surface area contributed by atoms with Crippen molar-refractivity contribution in [1.29, 1.82) is 0 Å². The fourth-order valence-electron chi connectivity index (χ4n) is 3.17. The van der Waals surface area contributed by atoms with E-state index in [0.29, 0.717) is 11.3 Å². The Balaban J connectivity index is 1.86. The van der Waals surface area contributed by atoms with Crippen LogP contribution in [0.4, 0.5) is 0 Å². The maximum atomic E-state index is 12.5. The molecule has 0 fully saturated rings.